The van der Waals surface area contributed by atoms with Crippen molar-refractivity contribution in [1.82, 2.24) is 20.1 Å². The molecular weight excluding hydrogens is 420 g/mol. The Kier molecular flexibility index (Phi) is 6.80. The summed E-state index contributed by atoms with van der Waals surface area (Å²) in [5.41, 5.74) is 5.40. The van der Waals surface area contributed by atoms with Crippen molar-refractivity contribution in [2.24, 2.45) is 0 Å². The van der Waals surface area contributed by atoms with E-state index in [9.17, 15) is 4.79 Å². The zero-order chi connectivity index (χ0) is 23.2. The van der Waals surface area contributed by atoms with Gasteiger partial charge in [0.2, 0.25) is 5.91 Å². The molecule has 0 atom stereocenters. The molecule has 34 heavy (non-hydrogen) atoms. The summed E-state index contributed by atoms with van der Waals surface area (Å²) in [5, 5.41) is 8.04. The van der Waals surface area contributed by atoms with Gasteiger partial charge in [-0.15, -0.1) is 0 Å². The first-order valence-corrected chi connectivity index (χ1v) is 12.1. The van der Waals surface area contributed by atoms with Crippen LogP contribution in [-0.4, -0.2) is 20.7 Å². The largest absolute Gasteiger partial charge is 0.350 e. The van der Waals surface area contributed by atoms with Gasteiger partial charge in [-0.3, -0.25) is 14.5 Å². The summed E-state index contributed by atoms with van der Waals surface area (Å²) in [6, 6.07) is 27.1. The van der Waals surface area contributed by atoms with Crippen LogP contribution in [0, 0.1) is 0 Å². The second kappa shape index (κ2) is 10.5. The molecule has 1 amide bonds. The van der Waals surface area contributed by atoms with Crippen LogP contribution in [0.25, 0.3) is 11.3 Å². The van der Waals surface area contributed by atoms with Crippen molar-refractivity contribution in [1.29, 1.82) is 0 Å². The van der Waals surface area contributed by atoms with E-state index in [1.54, 1.807) is 0 Å². The van der Waals surface area contributed by atoms with E-state index in [0.717, 1.165) is 40.9 Å². The first-order valence-electron chi connectivity index (χ1n) is 12.1. The second-order valence-corrected chi connectivity index (χ2v) is 8.99. The number of aromatic nitrogens is 3. The minimum Gasteiger partial charge on any atom is -0.350 e. The van der Waals surface area contributed by atoms with E-state index in [4.69, 9.17) is 5.10 Å². The van der Waals surface area contributed by atoms with Crippen LogP contribution in [0.5, 0.6) is 0 Å². The first kappa shape index (κ1) is 22.1. The van der Waals surface area contributed by atoms with Crippen molar-refractivity contribution in [3.63, 3.8) is 0 Å². The van der Waals surface area contributed by atoms with Crippen molar-refractivity contribution < 1.29 is 4.79 Å². The molecule has 1 aliphatic rings. The monoisotopic (exact) mass is 450 g/mol. The van der Waals surface area contributed by atoms with Gasteiger partial charge in [0.1, 0.15) is 0 Å². The highest BCUT2D eigenvalue weighted by molar-refractivity contribution is 5.77. The third-order valence-electron chi connectivity index (χ3n) is 6.69. The van der Waals surface area contributed by atoms with Crippen LogP contribution in [-0.2, 0) is 11.3 Å². The smallest absolute Gasteiger partial charge is 0.221 e. The molecule has 1 fully saturated rings. The molecule has 5 heteroatoms. The Morgan fingerprint density at radius 1 is 0.912 bits per heavy atom. The van der Waals surface area contributed by atoms with Crippen LogP contribution in [0.1, 0.15) is 60.9 Å². The molecule has 5 rings (SSSR count). The number of nitrogens with zero attached hydrogens (tertiary/aromatic N) is 3. The van der Waals surface area contributed by atoms with E-state index in [0.29, 0.717) is 19.0 Å². The van der Waals surface area contributed by atoms with Crippen molar-refractivity contribution >= 4 is 5.91 Å². The Morgan fingerprint density at radius 2 is 1.53 bits per heavy atom. The molecule has 0 unspecified atom stereocenters. The molecule has 1 aliphatic carbocycles. The highest BCUT2D eigenvalue weighted by Gasteiger charge is 2.23. The van der Waals surface area contributed by atoms with Crippen LogP contribution in [0.3, 0.4) is 0 Å². The van der Waals surface area contributed by atoms with Gasteiger partial charge in [-0.25, -0.2) is 0 Å². The maximum Gasteiger partial charge on any atom is 0.221 e. The molecule has 172 valence electrons. The summed E-state index contributed by atoms with van der Waals surface area (Å²) in [4.78, 5) is 17.2. The van der Waals surface area contributed by atoms with Gasteiger partial charge in [-0.05, 0) is 42.2 Å². The maximum absolute atomic E-state index is 13.0. The molecule has 0 radical (unpaired) electrons. The number of pyridine rings is 1. The lowest BCUT2D eigenvalue weighted by atomic mass is 9.88. The minimum atomic E-state index is 0.0193. The molecule has 0 saturated heterocycles. The predicted octanol–water partition coefficient (Wildman–Crippen LogP) is 5.90. The highest BCUT2D eigenvalue weighted by atomic mass is 16.1. The van der Waals surface area contributed by atoms with Gasteiger partial charge in [0.25, 0.3) is 0 Å². The van der Waals surface area contributed by atoms with Crippen LogP contribution in [0.4, 0.5) is 0 Å². The predicted molar refractivity (Wildman–Crippen MR) is 134 cm³/mol. The molecule has 2 aromatic heterocycles. The quantitative estimate of drug-likeness (QED) is 0.364. The first-order chi connectivity index (χ1) is 16.8. The summed E-state index contributed by atoms with van der Waals surface area (Å²) in [6.07, 6.45) is 8.82. The Labute approximate surface area is 200 Å². The topological polar surface area (TPSA) is 59.8 Å². The lowest BCUT2D eigenvalue weighted by molar-refractivity contribution is -0.121. The van der Waals surface area contributed by atoms with E-state index in [1.807, 2.05) is 60.9 Å². The normalized spacial score (nSPS) is 13.9. The number of hydrogen-bond donors (Lipinski definition) is 1. The van der Waals surface area contributed by atoms with Gasteiger partial charge < -0.3 is 5.32 Å². The van der Waals surface area contributed by atoms with E-state index in [1.165, 1.54) is 12.8 Å². The van der Waals surface area contributed by atoms with Gasteiger partial charge in [0, 0.05) is 30.3 Å². The Bertz CT molecular complexity index is 1160. The van der Waals surface area contributed by atoms with Crippen LogP contribution >= 0.6 is 0 Å². The molecule has 0 aliphatic heterocycles. The van der Waals surface area contributed by atoms with Crippen LogP contribution < -0.4 is 5.32 Å². The van der Waals surface area contributed by atoms with Gasteiger partial charge in [0.05, 0.1) is 24.0 Å². The van der Waals surface area contributed by atoms with Crippen LogP contribution in [0.2, 0.25) is 0 Å². The van der Waals surface area contributed by atoms with Crippen molar-refractivity contribution in [2.45, 2.75) is 50.6 Å². The zero-order valence-electron chi connectivity index (χ0n) is 19.3. The molecule has 2 heterocycles. The fourth-order valence-electron chi connectivity index (χ4n) is 4.94. The van der Waals surface area contributed by atoms with Crippen molar-refractivity contribution in [2.75, 3.05) is 0 Å². The van der Waals surface area contributed by atoms with Gasteiger partial charge >= 0.3 is 0 Å². The molecular formula is C29H30N4O. The summed E-state index contributed by atoms with van der Waals surface area (Å²) in [5.74, 6) is 0.0457. The number of carbonyl (C=O) groups excluding carboxylic acids is 1. The Morgan fingerprint density at radius 3 is 2.15 bits per heavy atom. The van der Waals surface area contributed by atoms with Gasteiger partial charge in [-0.1, -0.05) is 73.5 Å². The van der Waals surface area contributed by atoms with Gasteiger partial charge in [0.15, 0.2) is 0 Å². The van der Waals surface area contributed by atoms with E-state index < -0.39 is 0 Å². The van der Waals surface area contributed by atoms with E-state index in [-0.39, 0.29) is 11.8 Å². The number of rotatable bonds is 8. The molecule has 0 spiro atoms. The number of hydrogen-bond acceptors (Lipinski definition) is 3. The third-order valence-corrected chi connectivity index (χ3v) is 6.69. The molecule has 4 aromatic rings. The van der Waals surface area contributed by atoms with Crippen molar-refractivity contribution in [3.8, 4) is 11.3 Å². The fraction of sp³-hybridized carbons (Fsp3) is 0.276. The maximum atomic E-state index is 13.0. The second-order valence-electron chi connectivity index (χ2n) is 8.99. The standard InChI is InChI=1S/C29H30N4O/c34-29(20-27(22-9-3-1-4-10-22)23-11-5-2-6-12-23)31-21-25-19-28(24-15-17-30-18-16-24)33(32-25)26-13-7-8-14-26/h1-6,9-12,15-19,26-27H,7-8,13-14,20-21H2,(H,31,34). The van der Waals surface area contributed by atoms with E-state index in [2.05, 4.69) is 45.3 Å². The average Bonchev–Trinajstić information content (AvgIpc) is 3.58. The van der Waals surface area contributed by atoms with Gasteiger partial charge in [-0.2, -0.15) is 5.10 Å². The molecule has 1 N–H and O–H groups in total. The highest BCUT2D eigenvalue weighted by Crippen LogP contribution is 2.33. The number of benzene rings is 2. The summed E-state index contributed by atoms with van der Waals surface area (Å²) < 4.78 is 2.17. The summed E-state index contributed by atoms with van der Waals surface area (Å²) in [6.45, 7) is 0.424. The minimum absolute atomic E-state index is 0.0193. The van der Waals surface area contributed by atoms with Crippen LogP contribution in [0.15, 0.2) is 91.3 Å². The fourth-order valence-corrected chi connectivity index (χ4v) is 4.94. The van der Waals surface area contributed by atoms with Crippen molar-refractivity contribution in [3.05, 3.63) is 108 Å². The lowest BCUT2D eigenvalue weighted by Crippen LogP contribution is -2.25. The molecule has 2 aromatic carbocycles. The number of nitrogens with one attached hydrogen (secondary N) is 1. The molecule has 1 saturated carbocycles. The Hall–Kier alpha value is -3.73. The third kappa shape index (κ3) is 5.09. The molecule has 5 nitrogen and oxygen atoms in total. The SMILES string of the molecule is O=C(CC(c1ccccc1)c1ccccc1)NCc1cc(-c2ccncc2)n(C2CCCC2)n1. The summed E-state index contributed by atoms with van der Waals surface area (Å²) >= 11 is 0. The van der Waals surface area contributed by atoms with E-state index >= 15 is 0 Å². The number of amides is 1. The summed E-state index contributed by atoms with van der Waals surface area (Å²) in [7, 11) is 0. The molecule has 0 bridgehead atoms. The lowest BCUT2D eigenvalue weighted by Gasteiger charge is -2.17. The number of carbonyl (C=O) groups is 1. The zero-order valence-corrected chi connectivity index (χ0v) is 19.3. The average molecular weight is 451 g/mol. The Balaban J connectivity index is 1.32.